The maximum absolute atomic E-state index is 4.47. The summed E-state index contributed by atoms with van der Waals surface area (Å²) >= 11 is 0. The van der Waals surface area contributed by atoms with Crippen LogP contribution >= 0.6 is 0 Å². The molecule has 0 bridgehead atoms. The Morgan fingerprint density at radius 3 is 2.94 bits per heavy atom. The summed E-state index contributed by atoms with van der Waals surface area (Å²) in [5.41, 5.74) is 0. The van der Waals surface area contributed by atoms with Gasteiger partial charge in [-0.3, -0.25) is 0 Å². The molecule has 0 unspecified atom stereocenters. The van der Waals surface area contributed by atoms with E-state index in [9.17, 15) is 0 Å². The van der Waals surface area contributed by atoms with Crippen LogP contribution in [0.5, 0.6) is 0 Å². The number of anilines is 1. The molecule has 0 spiro atoms. The molecule has 1 aromatic heterocycles. The third-order valence-electron chi connectivity index (χ3n) is 3.72. The number of rotatable bonds is 6. The van der Waals surface area contributed by atoms with Crippen molar-refractivity contribution in [1.82, 2.24) is 14.9 Å². The van der Waals surface area contributed by atoms with Crippen molar-refractivity contribution >= 4 is 5.95 Å². The number of hydrogen-bond acceptors (Lipinski definition) is 3. The van der Waals surface area contributed by atoms with Crippen molar-refractivity contribution in [1.29, 1.82) is 0 Å². The predicted molar refractivity (Wildman–Crippen MR) is 75.9 cm³/mol. The third-order valence-corrected chi connectivity index (χ3v) is 3.72. The third kappa shape index (κ3) is 3.13. The predicted octanol–water partition coefficient (Wildman–Crippen LogP) is 1.90. The Kier molecular flexibility index (Phi) is 4.81. The summed E-state index contributed by atoms with van der Waals surface area (Å²) in [4.78, 5) is 6.88. The van der Waals surface area contributed by atoms with Gasteiger partial charge < -0.3 is 14.8 Å². The average molecular weight is 248 g/mol. The summed E-state index contributed by atoms with van der Waals surface area (Å²) < 4.78 is 2.17. The zero-order chi connectivity index (χ0) is 12.8. The van der Waals surface area contributed by atoms with Gasteiger partial charge in [-0.1, -0.05) is 6.08 Å². The molecule has 0 radical (unpaired) electrons. The van der Waals surface area contributed by atoms with Crippen LogP contribution in [-0.2, 0) is 6.54 Å². The van der Waals surface area contributed by atoms with Crippen LogP contribution in [0.15, 0.2) is 25.0 Å². The zero-order valence-electron chi connectivity index (χ0n) is 11.3. The van der Waals surface area contributed by atoms with Crippen molar-refractivity contribution in [2.24, 2.45) is 5.92 Å². The Morgan fingerprint density at radius 2 is 2.28 bits per heavy atom. The van der Waals surface area contributed by atoms with Gasteiger partial charge in [0.05, 0.1) is 0 Å². The lowest BCUT2D eigenvalue weighted by atomic mass is 9.94. The number of piperidine rings is 1. The van der Waals surface area contributed by atoms with E-state index in [-0.39, 0.29) is 0 Å². The summed E-state index contributed by atoms with van der Waals surface area (Å²) in [5.74, 6) is 1.97. The number of nitrogens with one attached hydrogen (secondary N) is 1. The Balaban J connectivity index is 1.88. The van der Waals surface area contributed by atoms with E-state index in [1.807, 2.05) is 25.5 Å². The first-order valence-electron chi connectivity index (χ1n) is 6.86. The Bertz CT molecular complexity index is 364. The van der Waals surface area contributed by atoms with Gasteiger partial charge in [-0.15, -0.1) is 6.58 Å². The van der Waals surface area contributed by atoms with E-state index in [0.29, 0.717) is 0 Å². The van der Waals surface area contributed by atoms with Gasteiger partial charge in [-0.25, -0.2) is 4.98 Å². The van der Waals surface area contributed by atoms with Crippen LogP contribution in [0, 0.1) is 5.92 Å². The lowest BCUT2D eigenvalue weighted by molar-refractivity contribution is 0.374. The van der Waals surface area contributed by atoms with Gasteiger partial charge in [0.15, 0.2) is 0 Å². The zero-order valence-corrected chi connectivity index (χ0v) is 11.3. The largest absolute Gasteiger partial charge is 0.342 e. The second-order valence-electron chi connectivity index (χ2n) is 4.99. The first kappa shape index (κ1) is 13.1. The normalized spacial score (nSPS) is 17.1. The molecule has 1 aliphatic heterocycles. The van der Waals surface area contributed by atoms with Gasteiger partial charge in [0.1, 0.15) is 0 Å². The van der Waals surface area contributed by atoms with E-state index in [4.69, 9.17) is 0 Å². The monoisotopic (exact) mass is 248 g/mol. The molecule has 18 heavy (non-hydrogen) atoms. The van der Waals surface area contributed by atoms with Crippen LogP contribution in [0.25, 0.3) is 0 Å². The first-order chi connectivity index (χ1) is 8.85. The van der Waals surface area contributed by atoms with Crippen LogP contribution in [0.4, 0.5) is 5.95 Å². The lowest BCUT2D eigenvalue weighted by Gasteiger charge is -2.32. The van der Waals surface area contributed by atoms with Crippen molar-refractivity contribution in [2.75, 3.05) is 31.6 Å². The maximum Gasteiger partial charge on any atom is 0.205 e. The standard InChI is InChI=1S/C14H24N4/c1-3-9-17-12-8-16-14(17)18-10-5-13(6-11-18)4-7-15-2/h3,8,12-13,15H,1,4-7,9-11H2,2H3. The molecule has 2 heterocycles. The van der Waals surface area contributed by atoms with Crippen molar-refractivity contribution in [3.63, 3.8) is 0 Å². The van der Waals surface area contributed by atoms with Gasteiger partial charge in [-0.2, -0.15) is 0 Å². The lowest BCUT2D eigenvalue weighted by Crippen LogP contribution is -2.36. The van der Waals surface area contributed by atoms with Gasteiger partial charge in [-0.05, 0) is 38.8 Å². The molecule has 1 fully saturated rings. The summed E-state index contributed by atoms with van der Waals surface area (Å²) in [6.07, 6.45) is 9.69. The van der Waals surface area contributed by atoms with E-state index >= 15 is 0 Å². The highest BCUT2D eigenvalue weighted by Crippen LogP contribution is 2.23. The highest BCUT2D eigenvalue weighted by atomic mass is 15.3. The molecule has 2 rings (SSSR count). The van der Waals surface area contributed by atoms with Gasteiger partial charge in [0.2, 0.25) is 5.95 Å². The Labute approximate surface area is 110 Å². The molecule has 0 saturated carbocycles. The number of imidazole rings is 1. The second kappa shape index (κ2) is 6.59. The van der Waals surface area contributed by atoms with E-state index in [1.54, 1.807) is 0 Å². The maximum atomic E-state index is 4.47. The van der Waals surface area contributed by atoms with Crippen LogP contribution < -0.4 is 10.2 Å². The molecule has 1 aliphatic rings. The van der Waals surface area contributed by atoms with Gasteiger partial charge in [0, 0.05) is 32.0 Å². The molecule has 0 atom stereocenters. The van der Waals surface area contributed by atoms with Crippen LogP contribution in [-0.4, -0.2) is 36.2 Å². The number of aromatic nitrogens is 2. The summed E-state index contributed by atoms with van der Waals surface area (Å²) in [7, 11) is 2.03. The summed E-state index contributed by atoms with van der Waals surface area (Å²) in [6.45, 7) is 8.03. The molecule has 4 nitrogen and oxygen atoms in total. The Morgan fingerprint density at radius 1 is 1.50 bits per heavy atom. The average Bonchev–Trinajstić information content (AvgIpc) is 2.86. The summed E-state index contributed by atoms with van der Waals surface area (Å²) in [6, 6.07) is 0. The fourth-order valence-corrected chi connectivity index (χ4v) is 2.64. The van der Waals surface area contributed by atoms with E-state index in [1.165, 1.54) is 19.3 Å². The van der Waals surface area contributed by atoms with Crippen molar-refractivity contribution < 1.29 is 0 Å². The summed E-state index contributed by atoms with van der Waals surface area (Å²) in [5, 5.41) is 3.24. The fraction of sp³-hybridized carbons (Fsp3) is 0.643. The minimum absolute atomic E-state index is 0.842. The number of hydrogen-bond donors (Lipinski definition) is 1. The molecule has 1 saturated heterocycles. The molecular formula is C14H24N4. The van der Waals surface area contributed by atoms with Crippen molar-refractivity contribution in [3.05, 3.63) is 25.0 Å². The minimum Gasteiger partial charge on any atom is -0.342 e. The van der Waals surface area contributed by atoms with Crippen molar-refractivity contribution in [3.8, 4) is 0 Å². The van der Waals surface area contributed by atoms with Crippen molar-refractivity contribution in [2.45, 2.75) is 25.8 Å². The molecule has 0 amide bonds. The van der Waals surface area contributed by atoms with E-state index < -0.39 is 0 Å². The minimum atomic E-state index is 0.842. The topological polar surface area (TPSA) is 33.1 Å². The first-order valence-corrected chi connectivity index (χ1v) is 6.86. The second-order valence-corrected chi connectivity index (χ2v) is 4.99. The fourth-order valence-electron chi connectivity index (χ4n) is 2.64. The number of allylic oxidation sites excluding steroid dienone is 1. The van der Waals surface area contributed by atoms with E-state index in [0.717, 1.165) is 38.0 Å². The molecule has 0 aromatic carbocycles. The molecule has 1 N–H and O–H groups in total. The number of nitrogens with zero attached hydrogens (tertiary/aromatic N) is 3. The molecule has 1 aromatic rings. The smallest absolute Gasteiger partial charge is 0.205 e. The molecule has 4 heteroatoms. The highest BCUT2D eigenvalue weighted by molar-refractivity contribution is 5.32. The molecular weight excluding hydrogens is 224 g/mol. The van der Waals surface area contributed by atoms with Crippen LogP contribution in [0.3, 0.4) is 0 Å². The van der Waals surface area contributed by atoms with Crippen LogP contribution in [0.1, 0.15) is 19.3 Å². The Hall–Kier alpha value is -1.29. The highest BCUT2D eigenvalue weighted by Gasteiger charge is 2.21. The van der Waals surface area contributed by atoms with Gasteiger partial charge in [0.25, 0.3) is 0 Å². The van der Waals surface area contributed by atoms with Gasteiger partial charge >= 0.3 is 0 Å². The van der Waals surface area contributed by atoms with E-state index in [2.05, 4.69) is 26.3 Å². The van der Waals surface area contributed by atoms with Crippen LogP contribution in [0.2, 0.25) is 0 Å². The quantitative estimate of drug-likeness (QED) is 0.781. The molecule has 100 valence electrons. The SMILES string of the molecule is C=CCn1ccnc1N1CCC(CCNC)CC1. The molecule has 0 aliphatic carbocycles.